The number of nitrogens with zero attached hydrogens (tertiary/aromatic N) is 5. The first kappa shape index (κ1) is 26.7. The highest BCUT2D eigenvalue weighted by atomic mass is 35.5. The quantitative estimate of drug-likeness (QED) is 0.230. The van der Waals surface area contributed by atoms with E-state index < -0.39 is 0 Å². The lowest BCUT2D eigenvalue weighted by molar-refractivity contribution is -0.121. The van der Waals surface area contributed by atoms with Crippen molar-refractivity contribution in [3.05, 3.63) is 57.7 Å². The Morgan fingerprint density at radius 2 is 1.78 bits per heavy atom. The normalized spacial score (nSPS) is 14.1. The van der Waals surface area contributed by atoms with E-state index in [4.69, 9.17) is 39.1 Å². The van der Waals surface area contributed by atoms with Gasteiger partial charge in [0.15, 0.2) is 5.82 Å². The van der Waals surface area contributed by atoms with Gasteiger partial charge < -0.3 is 31.7 Å². The fraction of sp³-hybridized carbons (Fsp3) is 0.292. The molecule has 37 heavy (non-hydrogen) atoms. The number of benzene rings is 1. The summed E-state index contributed by atoms with van der Waals surface area (Å²) in [7, 11) is 0. The van der Waals surface area contributed by atoms with Crippen molar-refractivity contribution < 1.29 is 10.0 Å². The Morgan fingerprint density at radius 3 is 2.41 bits per heavy atom. The van der Waals surface area contributed by atoms with Crippen molar-refractivity contribution in [2.24, 2.45) is 0 Å². The molecule has 3 heterocycles. The monoisotopic (exact) mass is 545 g/mol. The van der Waals surface area contributed by atoms with Gasteiger partial charge in [-0.2, -0.15) is 0 Å². The zero-order valence-electron chi connectivity index (χ0n) is 20.1. The zero-order valence-corrected chi connectivity index (χ0v) is 21.6. The molecule has 5 N–H and O–H groups in total. The topological polar surface area (TPSA) is 146 Å². The molecular formula is C24H27Cl2N8O3-. The second-order valence-electron chi connectivity index (χ2n) is 8.33. The Balaban J connectivity index is 1.51. The van der Waals surface area contributed by atoms with Crippen molar-refractivity contribution in [2.75, 3.05) is 65.8 Å². The Hall–Kier alpha value is -3.35. The SMILES string of the molecule is CCN1CCN(c2ccc(NCCNc3ccc(N([O-])O)c(N)n3)nc2-c2ccc(Cl)cc2Cl)C(=O)C1. The van der Waals surface area contributed by atoms with E-state index in [9.17, 15) is 10.0 Å². The maximum atomic E-state index is 12.9. The number of carbonyl (C=O) groups excluding carboxylic acids is 1. The molecule has 0 radical (unpaired) electrons. The predicted molar refractivity (Wildman–Crippen MR) is 147 cm³/mol. The molecule has 1 aliphatic rings. The molecule has 13 heteroatoms. The van der Waals surface area contributed by atoms with Gasteiger partial charge in [-0.15, -0.1) is 0 Å². The molecule has 1 aliphatic heterocycles. The van der Waals surface area contributed by atoms with Crippen LogP contribution in [0.3, 0.4) is 0 Å². The molecule has 0 aliphatic carbocycles. The van der Waals surface area contributed by atoms with Crippen molar-refractivity contribution in [3.8, 4) is 11.3 Å². The average Bonchev–Trinajstić information content (AvgIpc) is 2.86. The lowest BCUT2D eigenvalue weighted by Crippen LogP contribution is -2.50. The average molecular weight is 546 g/mol. The fourth-order valence-electron chi connectivity index (χ4n) is 4.00. The molecule has 196 valence electrons. The van der Waals surface area contributed by atoms with Crippen LogP contribution in [-0.2, 0) is 4.79 Å². The maximum Gasteiger partial charge on any atom is 0.241 e. The van der Waals surface area contributed by atoms with Crippen LogP contribution in [-0.4, -0.2) is 65.3 Å². The number of pyridine rings is 2. The Kier molecular flexibility index (Phi) is 8.52. The first-order chi connectivity index (χ1) is 17.8. The summed E-state index contributed by atoms with van der Waals surface area (Å²) in [4.78, 5) is 25.6. The van der Waals surface area contributed by atoms with Gasteiger partial charge in [-0.1, -0.05) is 30.1 Å². The second kappa shape index (κ2) is 11.8. The van der Waals surface area contributed by atoms with Gasteiger partial charge in [-0.25, -0.2) is 9.97 Å². The van der Waals surface area contributed by atoms with E-state index in [1.807, 2.05) is 19.1 Å². The number of hydrogen-bond acceptors (Lipinski definition) is 10. The van der Waals surface area contributed by atoms with Crippen LogP contribution >= 0.6 is 23.2 Å². The highest BCUT2D eigenvalue weighted by molar-refractivity contribution is 6.36. The van der Waals surface area contributed by atoms with Crippen LogP contribution in [0, 0.1) is 5.21 Å². The lowest BCUT2D eigenvalue weighted by Gasteiger charge is -2.34. The largest absolute Gasteiger partial charge is 0.733 e. The van der Waals surface area contributed by atoms with E-state index in [1.165, 1.54) is 12.1 Å². The predicted octanol–water partition coefficient (Wildman–Crippen LogP) is 3.92. The summed E-state index contributed by atoms with van der Waals surface area (Å²) in [6.07, 6.45) is 0. The maximum absolute atomic E-state index is 12.9. The molecule has 11 nitrogen and oxygen atoms in total. The number of nitrogens with one attached hydrogen (secondary N) is 2. The van der Waals surface area contributed by atoms with Crippen molar-refractivity contribution >= 4 is 57.9 Å². The van der Waals surface area contributed by atoms with Crippen LogP contribution in [0.25, 0.3) is 11.3 Å². The third-order valence-electron chi connectivity index (χ3n) is 5.94. The van der Waals surface area contributed by atoms with Crippen molar-refractivity contribution in [2.45, 2.75) is 6.92 Å². The number of likely N-dealkylation sites (N-methyl/N-ethyl adjacent to an activating group) is 1. The molecule has 0 bridgehead atoms. The van der Waals surface area contributed by atoms with Gasteiger partial charge in [0.1, 0.15) is 11.6 Å². The van der Waals surface area contributed by atoms with Crippen molar-refractivity contribution in [3.63, 3.8) is 0 Å². The van der Waals surface area contributed by atoms with Gasteiger partial charge in [0.2, 0.25) is 5.91 Å². The van der Waals surface area contributed by atoms with Crippen LogP contribution < -0.4 is 26.5 Å². The summed E-state index contributed by atoms with van der Waals surface area (Å²) in [6, 6.07) is 11.8. The second-order valence-corrected chi connectivity index (χ2v) is 9.17. The summed E-state index contributed by atoms with van der Waals surface area (Å²) >= 11 is 12.6. The molecule has 4 rings (SSSR count). The molecule has 1 saturated heterocycles. The number of piperazine rings is 1. The van der Waals surface area contributed by atoms with Crippen LogP contribution in [0.4, 0.5) is 28.8 Å². The lowest BCUT2D eigenvalue weighted by atomic mass is 10.1. The number of aromatic nitrogens is 2. The van der Waals surface area contributed by atoms with Crippen LogP contribution in [0.2, 0.25) is 10.0 Å². The summed E-state index contributed by atoms with van der Waals surface area (Å²) < 4.78 is 0. The molecule has 0 saturated carbocycles. The Labute approximate surface area is 224 Å². The first-order valence-electron chi connectivity index (χ1n) is 11.7. The standard InChI is InChI=1S/C24H27Cl2N8O3/c1-2-32-11-12-33(22(35)14-32)18-5-7-20(30-23(18)16-4-3-15(25)13-17(16)26)28-9-10-29-21-8-6-19(34(36)37)24(27)31-21/h3-8,13,36H,2,9-12,14H2,1H3,(H,28,30)(H3,27,29,31)/q-1. The summed E-state index contributed by atoms with van der Waals surface area (Å²) in [5.41, 5.74) is 7.49. The van der Waals surface area contributed by atoms with Crippen molar-refractivity contribution in [1.82, 2.24) is 14.9 Å². The summed E-state index contributed by atoms with van der Waals surface area (Å²) in [5, 5.41) is 26.9. The van der Waals surface area contributed by atoms with Gasteiger partial charge in [-0.05, 0) is 49.0 Å². The van der Waals surface area contributed by atoms with E-state index in [1.54, 1.807) is 23.1 Å². The Morgan fingerprint density at radius 1 is 1.08 bits per heavy atom. The number of nitrogen functional groups attached to an aromatic ring is 1. The van der Waals surface area contributed by atoms with Gasteiger partial charge in [-0.3, -0.25) is 14.9 Å². The van der Waals surface area contributed by atoms with Crippen molar-refractivity contribution in [1.29, 1.82) is 0 Å². The number of anilines is 5. The molecule has 3 aromatic rings. The number of nitrogens with two attached hydrogens (primary N) is 1. The van der Waals surface area contributed by atoms with E-state index in [0.29, 0.717) is 64.8 Å². The third kappa shape index (κ3) is 6.32. The minimum atomic E-state index is -0.329. The highest BCUT2D eigenvalue weighted by Gasteiger charge is 2.27. The molecule has 1 aromatic carbocycles. The van der Waals surface area contributed by atoms with Crippen LogP contribution in [0.5, 0.6) is 0 Å². The fourth-order valence-corrected chi connectivity index (χ4v) is 4.50. The van der Waals surface area contributed by atoms with E-state index in [0.717, 1.165) is 13.1 Å². The number of halogens is 2. The zero-order chi connectivity index (χ0) is 26.5. The highest BCUT2D eigenvalue weighted by Crippen LogP contribution is 2.37. The summed E-state index contributed by atoms with van der Waals surface area (Å²) in [6.45, 7) is 5.46. The Bertz CT molecular complexity index is 1280. The summed E-state index contributed by atoms with van der Waals surface area (Å²) in [5.74, 6) is 0.958. The number of rotatable bonds is 9. The molecule has 0 unspecified atom stereocenters. The molecule has 0 spiro atoms. The number of amides is 1. The molecule has 1 fully saturated rings. The van der Waals surface area contributed by atoms with Crippen LogP contribution in [0.15, 0.2) is 42.5 Å². The van der Waals surface area contributed by atoms with Gasteiger partial charge in [0, 0.05) is 36.8 Å². The first-order valence-corrected chi connectivity index (χ1v) is 12.4. The van der Waals surface area contributed by atoms with Gasteiger partial charge in [0.05, 0.1) is 28.6 Å². The van der Waals surface area contributed by atoms with Crippen LogP contribution in [0.1, 0.15) is 6.92 Å². The number of hydrogen-bond donors (Lipinski definition) is 4. The van der Waals surface area contributed by atoms with E-state index in [2.05, 4.69) is 20.5 Å². The van der Waals surface area contributed by atoms with Gasteiger partial charge >= 0.3 is 0 Å². The third-order valence-corrected chi connectivity index (χ3v) is 6.49. The van der Waals surface area contributed by atoms with Gasteiger partial charge in [0.25, 0.3) is 0 Å². The molecular weight excluding hydrogens is 519 g/mol. The number of carbonyl (C=O) groups is 1. The molecule has 0 atom stereocenters. The van der Waals surface area contributed by atoms with E-state index >= 15 is 0 Å². The molecule has 2 aromatic heterocycles. The van der Waals surface area contributed by atoms with E-state index in [-0.39, 0.29) is 22.6 Å². The molecule has 1 amide bonds. The smallest absolute Gasteiger partial charge is 0.241 e. The minimum Gasteiger partial charge on any atom is -0.733 e. The minimum absolute atomic E-state index is 0.00485.